The van der Waals surface area contributed by atoms with Gasteiger partial charge in [-0.2, -0.15) is 0 Å². The number of para-hydroxylation sites is 3. The molecule has 7 rings (SSSR count). The second kappa shape index (κ2) is 10.4. The molecule has 0 unspecified atom stereocenters. The second-order valence-electron chi connectivity index (χ2n) is 9.86. The Morgan fingerprint density at radius 2 is 0.600 bits per heavy atom. The number of fused-ring (bicyclic) bond motifs is 2. The number of benzene rings is 7. The zero-order chi connectivity index (χ0) is 26.7. The molecule has 190 valence electrons. The summed E-state index contributed by atoms with van der Waals surface area (Å²) in [6, 6.07) is 60.3. The molecule has 0 heterocycles. The Bertz CT molecular complexity index is 1790. The molecular formula is C38H28N2. The SMILES string of the molecule is c1ccc(N(c2ccccc2)c2ccc(N(c3ccccc3)c3c4ccccc4cc4ccccc34)cc2)cc1. The summed E-state index contributed by atoms with van der Waals surface area (Å²) in [5.74, 6) is 0. The third-order valence-corrected chi connectivity index (χ3v) is 7.38. The minimum absolute atomic E-state index is 1.11. The van der Waals surface area contributed by atoms with Gasteiger partial charge in [0.2, 0.25) is 0 Å². The Morgan fingerprint density at radius 3 is 1.05 bits per heavy atom. The predicted octanol–water partition coefficient (Wildman–Crippen LogP) is 10.9. The number of hydrogen-bond acceptors (Lipinski definition) is 2. The molecule has 0 aliphatic heterocycles. The van der Waals surface area contributed by atoms with Crippen molar-refractivity contribution >= 4 is 55.7 Å². The summed E-state index contributed by atoms with van der Waals surface area (Å²) in [5.41, 5.74) is 6.78. The standard InChI is InChI=1S/C38H28N2/c1-4-16-31(17-5-1)39(32-18-6-2-7-19-32)34-24-26-35(27-25-34)40(33-20-8-3-9-21-33)38-36-22-12-10-14-29(36)28-30-15-11-13-23-37(30)38/h1-28H. The summed E-state index contributed by atoms with van der Waals surface area (Å²) in [4.78, 5) is 4.69. The summed E-state index contributed by atoms with van der Waals surface area (Å²) in [6.45, 7) is 0. The highest BCUT2D eigenvalue weighted by Crippen LogP contribution is 2.44. The first-order valence-electron chi connectivity index (χ1n) is 13.6. The average Bonchev–Trinajstić information content (AvgIpc) is 3.03. The van der Waals surface area contributed by atoms with Gasteiger partial charge in [0.05, 0.1) is 5.69 Å². The fraction of sp³-hybridized carbons (Fsp3) is 0. The van der Waals surface area contributed by atoms with E-state index in [2.05, 4.69) is 180 Å². The van der Waals surface area contributed by atoms with E-state index in [1.807, 2.05) is 0 Å². The molecule has 0 aliphatic carbocycles. The molecule has 7 aromatic carbocycles. The summed E-state index contributed by atoms with van der Waals surface area (Å²) in [5, 5.41) is 4.91. The molecule has 0 saturated heterocycles. The van der Waals surface area contributed by atoms with Crippen molar-refractivity contribution in [3.8, 4) is 0 Å². The average molecular weight is 513 g/mol. The van der Waals surface area contributed by atoms with Crippen LogP contribution < -0.4 is 9.80 Å². The molecule has 0 atom stereocenters. The molecule has 2 heteroatoms. The van der Waals surface area contributed by atoms with Crippen molar-refractivity contribution in [1.29, 1.82) is 0 Å². The van der Waals surface area contributed by atoms with Crippen molar-refractivity contribution in [3.05, 3.63) is 170 Å². The topological polar surface area (TPSA) is 6.48 Å². The monoisotopic (exact) mass is 512 g/mol. The van der Waals surface area contributed by atoms with E-state index < -0.39 is 0 Å². The van der Waals surface area contributed by atoms with E-state index in [9.17, 15) is 0 Å². The van der Waals surface area contributed by atoms with Crippen LogP contribution in [-0.2, 0) is 0 Å². The summed E-state index contributed by atoms with van der Waals surface area (Å²) >= 11 is 0. The largest absolute Gasteiger partial charge is 0.311 e. The molecule has 0 N–H and O–H groups in total. The first-order valence-corrected chi connectivity index (χ1v) is 13.6. The van der Waals surface area contributed by atoms with E-state index in [1.54, 1.807) is 0 Å². The van der Waals surface area contributed by atoms with Gasteiger partial charge in [-0.25, -0.2) is 0 Å². The molecule has 0 radical (unpaired) electrons. The Labute approximate surface area is 235 Å². The maximum Gasteiger partial charge on any atom is 0.0618 e. The van der Waals surface area contributed by atoms with Crippen LogP contribution in [0, 0.1) is 0 Å². The fourth-order valence-electron chi connectivity index (χ4n) is 5.57. The van der Waals surface area contributed by atoms with Crippen LogP contribution in [0.5, 0.6) is 0 Å². The van der Waals surface area contributed by atoms with Crippen molar-refractivity contribution in [3.63, 3.8) is 0 Å². The number of hydrogen-bond donors (Lipinski definition) is 0. The summed E-state index contributed by atoms with van der Waals surface area (Å²) in [6.07, 6.45) is 0. The molecule has 0 fully saturated rings. The van der Waals surface area contributed by atoms with E-state index in [0.717, 1.165) is 28.4 Å². The molecule has 40 heavy (non-hydrogen) atoms. The Hall–Kier alpha value is -5.34. The van der Waals surface area contributed by atoms with E-state index in [-0.39, 0.29) is 0 Å². The van der Waals surface area contributed by atoms with Gasteiger partial charge in [0.25, 0.3) is 0 Å². The van der Waals surface area contributed by atoms with Crippen molar-refractivity contribution in [2.24, 2.45) is 0 Å². The maximum atomic E-state index is 2.39. The molecule has 0 aromatic heterocycles. The van der Waals surface area contributed by atoms with Gasteiger partial charge in [0.15, 0.2) is 0 Å². The van der Waals surface area contributed by atoms with Gasteiger partial charge in [0.1, 0.15) is 0 Å². The van der Waals surface area contributed by atoms with Gasteiger partial charge in [-0.3, -0.25) is 0 Å². The molecule has 0 aliphatic rings. The summed E-state index contributed by atoms with van der Waals surface area (Å²) in [7, 11) is 0. The smallest absolute Gasteiger partial charge is 0.0618 e. The molecule has 7 aromatic rings. The van der Waals surface area contributed by atoms with Crippen LogP contribution in [0.1, 0.15) is 0 Å². The van der Waals surface area contributed by atoms with Crippen LogP contribution in [0.2, 0.25) is 0 Å². The lowest BCUT2D eigenvalue weighted by molar-refractivity contribution is 1.26. The van der Waals surface area contributed by atoms with E-state index >= 15 is 0 Å². The van der Waals surface area contributed by atoms with Gasteiger partial charge >= 0.3 is 0 Å². The molecular weight excluding hydrogens is 484 g/mol. The van der Waals surface area contributed by atoms with E-state index in [0.29, 0.717) is 0 Å². The fourth-order valence-corrected chi connectivity index (χ4v) is 5.57. The molecule has 0 bridgehead atoms. The minimum atomic E-state index is 1.11. The Kier molecular flexibility index (Phi) is 6.20. The highest BCUT2D eigenvalue weighted by atomic mass is 15.2. The van der Waals surface area contributed by atoms with Gasteiger partial charge in [0, 0.05) is 39.2 Å². The zero-order valence-electron chi connectivity index (χ0n) is 22.1. The van der Waals surface area contributed by atoms with Gasteiger partial charge < -0.3 is 9.80 Å². The highest BCUT2D eigenvalue weighted by molar-refractivity contribution is 6.14. The van der Waals surface area contributed by atoms with Crippen LogP contribution in [0.15, 0.2) is 170 Å². The van der Waals surface area contributed by atoms with Crippen LogP contribution in [0.3, 0.4) is 0 Å². The van der Waals surface area contributed by atoms with Crippen molar-refractivity contribution < 1.29 is 0 Å². The lowest BCUT2D eigenvalue weighted by atomic mass is 9.99. The Morgan fingerprint density at radius 1 is 0.275 bits per heavy atom. The van der Waals surface area contributed by atoms with Crippen LogP contribution in [0.4, 0.5) is 34.1 Å². The number of nitrogens with zero attached hydrogens (tertiary/aromatic N) is 2. The van der Waals surface area contributed by atoms with Crippen molar-refractivity contribution in [2.45, 2.75) is 0 Å². The highest BCUT2D eigenvalue weighted by Gasteiger charge is 2.19. The van der Waals surface area contributed by atoms with Crippen molar-refractivity contribution in [2.75, 3.05) is 9.80 Å². The van der Waals surface area contributed by atoms with Gasteiger partial charge in [-0.15, -0.1) is 0 Å². The predicted molar refractivity (Wildman–Crippen MR) is 171 cm³/mol. The first kappa shape index (κ1) is 23.8. The van der Waals surface area contributed by atoms with Crippen molar-refractivity contribution in [1.82, 2.24) is 0 Å². The van der Waals surface area contributed by atoms with Gasteiger partial charge in [-0.1, -0.05) is 103 Å². The maximum absolute atomic E-state index is 2.39. The quantitative estimate of drug-likeness (QED) is 0.204. The Balaban J connectivity index is 1.42. The third-order valence-electron chi connectivity index (χ3n) is 7.38. The number of rotatable bonds is 6. The zero-order valence-corrected chi connectivity index (χ0v) is 22.1. The normalized spacial score (nSPS) is 11.0. The lowest BCUT2D eigenvalue weighted by Gasteiger charge is -2.30. The lowest BCUT2D eigenvalue weighted by Crippen LogP contribution is -2.12. The van der Waals surface area contributed by atoms with Gasteiger partial charge in [-0.05, 0) is 77.5 Å². The summed E-state index contributed by atoms with van der Waals surface area (Å²) < 4.78 is 0. The van der Waals surface area contributed by atoms with Crippen LogP contribution in [-0.4, -0.2) is 0 Å². The van der Waals surface area contributed by atoms with E-state index in [4.69, 9.17) is 0 Å². The molecule has 0 amide bonds. The van der Waals surface area contributed by atoms with Crippen LogP contribution in [0.25, 0.3) is 21.5 Å². The third kappa shape index (κ3) is 4.36. The molecule has 2 nitrogen and oxygen atoms in total. The molecule has 0 saturated carbocycles. The first-order chi connectivity index (χ1) is 19.9. The van der Waals surface area contributed by atoms with E-state index in [1.165, 1.54) is 27.2 Å². The minimum Gasteiger partial charge on any atom is -0.311 e. The second-order valence-corrected chi connectivity index (χ2v) is 9.86. The number of anilines is 6. The molecule has 0 spiro atoms. The van der Waals surface area contributed by atoms with Crippen LogP contribution >= 0.6 is 0 Å².